The van der Waals surface area contributed by atoms with E-state index in [9.17, 15) is 4.79 Å². The molecule has 22 heavy (non-hydrogen) atoms. The van der Waals surface area contributed by atoms with Crippen molar-refractivity contribution in [1.82, 2.24) is 4.90 Å². The second-order valence-corrected chi connectivity index (χ2v) is 6.95. The van der Waals surface area contributed by atoms with Gasteiger partial charge in [0.25, 0.3) is 0 Å². The number of ketones is 1. The lowest BCUT2D eigenvalue weighted by molar-refractivity contribution is 0.0967. The molecule has 1 aromatic rings. The highest BCUT2D eigenvalue weighted by atomic mass is 32.1. The van der Waals surface area contributed by atoms with Crippen molar-refractivity contribution < 1.29 is 4.79 Å². The second kappa shape index (κ2) is 9.36. The van der Waals surface area contributed by atoms with Crippen molar-refractivity contribution in [2.75, 3.05) is 19.6 Å². The summed E-state index contributed by atoms with van der Waals surface area (Å²) in [6.07, 6.45) is 8.37. The first-order valence-corrected chi connectivity index (χ1v) is 9.19. The van der Waals surface area contributed by atoms with Crippen LogP contribution in [0.1, 0.15) is 62.2 Å². The lowest BCUT2D eigenvalue weighted by Gasteiger charge is -2.31. The molecule has 0 aromatic heterocycles. The summed E-state index contributed by atoms with van der Waals surface area (Å²) in [6, 6.07) is 7.59. The third kappa shape index (κ3) is 5.44. The highest BCUT2D eigenvalue weighted by molar-refractivity contribution is 7.80. The van der Waals surface area contributed by atoms with Gasteiger partial charge in [-0.1, -0.05) is 44.4 Å². The maximum absolute atomic E-state index is 12.2. The minimum atomic E-state index is 0.225. The van der Waals surface area contributed by atoms with Gasteiger partial charge >= 0.3 is 0 Å². The highest BCUT2D eigenvalue weighted by Crippen LogP contribution is 2.23. The van der Waals surface area contributed by atoms with Crippen LogP contribution in [0.2, 0.25) is 0 Å². The Morgan fingerprint density at radius 2 is 1.95 bits per heavy atom. The van der Waals surface area contributed by atoms with E-state index in [-0.39, 0.29) is 5.78 Å². The number of unbranched alkanes of at least 4 members (excludes halogenated alkanes) is 1. The first-order chi connectivity index (χ1) is 10.7. The third-order valence-corrected chi connectivity index (χ3v) is 5.15. The lowest BCUT2D eigenvalue weighted by Crippen LogP contribution is -2.34. The summed E-state index contributed by atoms with van der Waals surface area (Å²) in [7, 11) is 0. The predicted octanol–water partition coefficient (Wildman–Crippen LogP) is 4.84. The maximum atomic E-state index is 12.2. The number of carbonyl (C=O) groups is 1. The number of Topliss-reactive ketones (excluding diaryl/α,β-unsaturated/α-hetero) is 1. The minimum Gasteiger partial charge on any atom is -0.303 e. The Morgan fingerprint density at radius 1 is 1.23 bits per heavy atom. The van der Waals surface area contributed by atoms with Crippen LogP contribution in [0.3, 0.4) is 0 Å². The van der Waals surface area contributed by atoms with Crippen LogP contribution in [0.4, 0.5) is 0 Å². The molecule has 0 amide bonds. The summed E-state index contributed by atoms with van der Waals surface area (Å²) in [6.45, 7) is 5.76. The van der Waals surface area contributed by atoms with E-state index in [0.29, 0.717) is 6.42 Å². The normalized spacial score (nSPS) is 16.8. The molecule has 1 fully saturated rings. The van der Waals surface area contributed by atoms with Gasteiger partial charge in [-0.25, -0.2) is 0 Å². The van der Waals surface area contributed by atoms with Crippen molar-refractivity contribution in [3.63, 3.8) is 0 Å². The van der Waals surface area contributed by atoms with Crippen LogP contribution in [0.25, 0.3) is 0 Å². The molecule has 1 aromatic carbocycles. The molecule has 0 saturated carbocycles. The molecule has 1 aliphatic rings. The number of hydrogen-bond acceptors (Lipinski definition) is 3. The fourth-order valence-corrected chi connectivity index (χ4v) is 3.58. The molecular formula is C19H29NOS. The molecule has 2 nitrogen and oxygen atoms in total. The molecule has 122 valence electrons. The number of likely N-dealkylation sites (tertiary alicyclic amines) is 1. The van der Waals surface area contributed by atoms with Gasteiger partial charge in [0.1, 0.15) is 0 Å². The number of rotatable bonds is 8. The number of benzene rings is 1. The van der Waals surface area contributed by atoms with E-state index in [1.165, 1.54) is 45.2 Å². The van der Waals surface area contributed by atoms with E-state index in [1.807, 2.05) is 24.3 Å². The Hall–Kier alpha value is -0.800. The van der Waals surface area contributed by atoms with E-state index < -0.39 is 0 Å². The van der Waals surface area contributed by atoms with Gasteiger partial charge in [0.15, 0.2) is 5.78 Å². The molecule has 3 heteroatoms. The Kier molecular flexibility index (Phi) is 7.47. The van der Waals surface area contributed by atoms with Crippen LogP contribution in [0, 0.1) is 5.92 Å². The van der Waals surface area contributed by atoms with Gasteiger partial charge in [0.05, 0.1) is 0 Å². The molecule has 0 spiro atoms. The SMILES string of the molecule is CCCCC1CCN(CCCC(=O)c2ccccc2S)CC1. The highest BCUT2D eigenvalue weighted by Gasteiger charge is 2.18. The fraction of sp³-hybridized carbons (Fsp3) is 0.632. The van der Waals surface area contributed by atoms with Crippen LogP contribution < -0.4 is 0 Å². The largest absolute Gasteiger partial charge is 0.303 e. The standard InChI is InChI=1S/C19H29NOS/c1-2-3-7-16-11-14-20(15-12-16)13-6-9-18(21)17-8-4-5-10-19(17)22/h4-5,8,10,16,22H,2-3,6-7,9,11-15H2,1H3. The maximum Gasteiger partial charge on any atom is 0.164 e. The molecule has 1 aliphatic heterocycles. The number of carbonyl (C=O) groups excluding carboxylic acids is 1. The summed E-state index contributed by atoms with van der Waals surface area (Å²) in [5, 5.41) is 0. The Bertz CT molecular complexity index is 466. The van der Waals surface area contributed by atoms with E-state index in [4.69, 9.17) is 0 Å². The average molecular weight is 320 g/mol. The summed E-state index contributed by atoms with van der Waals surface area (Å²) in [4.78, 5) is 15.5. The van der Waals surface area contributed by atoms with E-state index in [1.54, 1.807) is 0 Å². The van der Waals surface area contributed by atoms with Gasteiger partial charge in [0, 0.05) is 16.9 Å². The van der Waals surface area contributed by atoms with Crippen molar-refractivity contribution in [1.29, 1.82) is 0 Å². The molecule has 0 bridgehead atoms. The average Bonchev–Trinajstić information content (AvgIpc) is 2.54. The second-order valence-electron chi connectivity index (χ2n) is 6.47. The molecule has 0 N–H and O–H groups in total. The molecule has 0 atom stereocenters. The van der Waals surface area contributed by atoms with E-state index in [2.05, 4.69) is 24.5 Å². The molecule has 0 unspecified atom stereocenters. The van der Waals surface area contributed by atoms with Gasteiger partial charge in [-0.3, -0.25) is 4.79 Å². The number of piperidine rings is 1. The summed E-state index contributed by atoms with van der Waals surface area (Å²) >= 11 is 4.37. The predicted molar refractivity (Wildman–Crippen MR) is 95.9 cm³/mol. The van der Waals surface area contributed by atoms with Crippen molar-refractivity contribution >= 4 is 18.4 Å². The van der Waals surface area contributed by atoms with Gasteiger partial charge in [-0.05, 0) is 50.9 Å². The zero-order chi connectivity index (χ0) is 15.8. The molecule has 1 saturated heterocycles. The zero-order valence-corrected chi connectivity index (χ0v) is 14.7. The topological polar surface area (TPSA) is 20.3 Å². The van der Waals surface area contributed by atoms with Gasteiger partial charge in [0.2, 0.25) is 0 Å². The van der Waals surface area contributed by atoms with Gasteiger partial charge in [-0.2, -0.15) is 0 Å². The van der Waals surface area contributed by atoms with Crippen LogP contribution in [0.5, 0.6) is 0 Å². The molecular weight excluding hydrogens is 290 g/mol. The van der Waals surface area contributed by atoms with Gasteiger partial charge in [-0.15, -0.1) is 12.6 Å². The summed E-state index contributed by atoms with van der Waals surface area (Å²) in [5.74, 6) is 1.16. The number of nitrogens with zero attached hydrogens (tertiary/aromatic N) is 1. The Balaban J connectivity index is 1.65. The Labute approximate surface area is 140 Å². The molecule has 2 rings (SSSR count). The quantitative estimate of drug-likeness (QED) is 0.546. The molecule has 0 radical (unpaired) electrons. The minimum absolute atomic E-state index is 0.225. The van der Waals surface area contributed by atoms with Crippen LogP contribution in [0.15, 0.2) is 29.2 Å². The van der Waals surface area contributed by atoms with Crippen molar-refractivity contribution in [2.24, 2.45) is 5.92 Å². The monoisotopic (exact) mass is 319 g/mol. The van der Waals surface area contributed by atoms with Crippen molar-refractivity contribution in [3.05, 3.63) is 29.8 Å². The molecule has 1 heterocycles. The van der Waals surface area contributed by atoms with Crippen LogP contribution >= 0.6 is 12.6 Å². The van der Waals surface area contributed by atoms with Gasteiger partial charge < -0.3 is 4.90 Å². The summed E-state index contributed by atoms with van der Waals surface area (Å²) in [5.41, 5.74) is 0.768. The Morgan fingerprint density at radius 3 is 2.64 bits per heavy atom. The van der Waals surface area contributed by atoms with Crippen LogP contribution in [-0.2, 0) is 0 Å². The fourth-order valence-electron chi connectivity index (χ4n) is 3.30. The van der Waals surface area contributed by atoms with Crippen molar-refractivity contribution in [2.45, 2.75) is 56.8 Å². The smallest absolute Gasteiger partial charge is 0.164 e. The zero-order valence-electron chi connectivity index (χ0n) is 13.8. The molecule has 0 aliphatic carbocycles. The van der Waals surface area contributed by atoms with E-state index in [0.717, 1.165) is 29.3 Å². The number of hydrogen-bond donors (Lipinski definition) is 1. The lowest BCUT2D eigenvalue weighted by atomic mass is 9.91. The third-order valence-electron chi connectivity index (χ3n) is 4.76. The summed E-state index contributed by atoms with van der Waals surface area (Å²) < 4.78 is 0. The first-order valence-electron chi connectivity index (χ1n) is 8.74. The van der Waals surface area contributed by atoms with Crippen LogP contribution in [-0.4, -0.2) is 30.3 Å². The van der Waals surface area contributed by atoms with Crippen molar-refractivity contribution in [3.8, 4) is 0 Å². The van der Waals surface area contributed by atoms with E-state index >= 15 is 0 Å². The number of thiol groups is 1. The first kappa shape index (κ1) is 17.6.